The number of carboxylic acids is 1. The molecule has 2 N–H and O–H groups in total. The van der Waals surface area contributed by atoms with Crippen LogP contribution in [-0.2, 0) is 0 Å². The molecule has 0 bridgehead atoms. The summed E-state index contributed by atoms with van der Waals surface area (Å²) in [5.74, 6) is -2.39. The van der Waals surface area contributed by atoms with Crippen molar-refractivity contribution in [1.29, 1.82) is 0 Å². The van der Waals surface area contributed by atoms with Crippen LogP contribution in [0.2, 0.25) is 5.02 Å². The Hall–Kier alpha value is -2.40. The molecule has 4 nitrogen and oxygen atoms in total. The number of hydrogen-bond donors (Lipinski definition) is 2. The zero-order chi connectivity index (χ0) is 15.6. The highest BCUT2D eigenvalue weighted by atomic mass is 35.5. The first-order chi connectivity index (χ1) is 9.91. The average Bonchev–Trinajstić information content (AvgIpc) is 2.43. The van der Waals surface area contributed by atoms with Gasteiger partial charge in [-0.1, -0.05) is 23.7 Å². The minimum absolute atomic E-state index is 0.0169. The van der Waals surface area contributed by atoms with E-state index in [9.17, 15) is 14.0 Å². The summed E-state index contributed by atoms with van der Waals surface area (Å²) in [6, 6.07) is 8.41. The van der Waals surface area contributed by atoms with Crippen LogP contribution >= 0.6 is 11.6 Å². The summed E-state index contributed by atoms with van der Waals surface area (Å²) in [5.41, 5.74) is 0.807. The number of carboxylic acid groups (broad SMARTS) is 1. The van der Waals surface area contributed by atoms with Crippen LogP contribution in [-0.4, -0.2) is 17.0 Å². The van der Waals surface area contributed by atoms with E-state index in [2.05, 4.69) is 5.32 Å². The Kier molecular flexibility index (Phi) is 4.23. The number of carbonyl (C=O) groups excluding carboxylic acids is 1. The van der Waals surface area contributed by atoms with Gasteiger partial charge in [-0.2, -0.15) is 0 Å². The second-order valence-electron chi connectivity index (χ2n) is 4.34. The van der Waals surface area contributed by atoms with Crippen LogP contribution < -0.4 is 5.32 Å². The number of aromatic carboxylic acids is 1. The van der Waals surface area contributed by atoms with Crippen molar-refractivity contribution in [2.75, 3.05) is 5.32 Å². The molecule has 21 heavy (non-hydrogen) atoms. The zero-order valence-corrected chi connectivity index (χ0v) is 11.7. The van der Waals surface area contributed by atoms with Crippen LogP contribution in [0.25, 0.3) is 0 Å². The summed E-state index contributed by atoms with van der Waals surface area (Å²) >= 11 is 5.75. The lowest BCUT2D eigenvalue weighted by atomic mass is 10.1. The summed E-state index contributed by atoms with van der Waals surface area (Å²) in [4.78, 5) is 23.2. The second kappa shape index (κ2) is 5.93. The largest absolute Gasteiger partial charge is 0.478 e. The lowest BCUT2D eigenvalue weighted by Gasteiger charge is -2.11. The number of hydrogen-bond acceptors (Lipinski definition) is 2. The van der Waals surface area contributed by atoms with Gasteiger partial charge in [0.2, 0.25) is 0 Å². The normalized spacial score (nSPS) is 10.2. The summed E-state index contributed by atoms with van der Waals surface area (Å²) in [6.45, 7) is 1.58. The number of rotatable bonds is 3. The average molecular weight is 308 g/mol. The van der Waals surface area contributed by atoms with E-state index < -0.39 is 17.7 Å². The van der Waals surface area contributed by atoms with E-state index in [1.807, 2.05) is 0 Å². The van der Waals surface area contributed by atoms with Crippen molar-refractivity contribution in [3.63, 3.8) is 0 Å². The molecular formula is C15H11ClFNO3. The first kappa shape index (κ1) is 15.0. The quantitative estimate of drug-likeness (QED) is 0.907. The molecule has 0 aromatic heterocycles. The van der Waals surface area contributed by atoms with Crippen LogP contribution in [0.1, 0.15) is 26.3 Å². The third-order valence-electron chi connectivity index (χ3n) is 3.01. The van der Waals surface area contributed by atoms with E-state index in [1.54, 1.807) is 13.0 Å². The molecular weight excluding hydrogens is 297 g/mol. The fraction of sp³-hybridized carbons (Fsp3) is 0.0667. The molecule has 0 saturated heterocycles. The van der Waals surface area contributed by atoms with Crippen LogP contribution in [0, 0.1) is 12.7 Å². The minimum Gasteiger partial charge on any atom is -0.478 e. The highest BCUT2D eigenvalue weighted by Crippen LogP contribution is 2.23. The van der Waals surface area contributed by atoms with Gasteiger partial charge in [0.05, 0.1) is 16.1 Å². The predicted molar refractivity (Wildman–Crippen MR) is 77.5 cm³/mol. The van der Waals surface area contributed by atoms with Crippen molar-refractivity contribution >= 4 is 29.2 Å². The molecule has 0 saturated carbocycles. The standard InChI is InChI=1S/C15H11ClFNO3/c1-8-9(15(20)21)4-3-7-12(8)18-14(19)10-5-2-6-11(17)13(10)16/h2-7H,1H3,(H,18,19)(H,20,21). The summed E-state index contributed by atoms with van der Waals surface area (Å²) in [7, 11) is 0. The van der Waals surface area contributed by atoms with Crippen LogP contribution in [0.3, 0.4) is 0 Å². The highest BCUT2D eigenvalue weighted by Gasteiger charge is 2.16. The molecule has 2 aromatic carbocycles. The van der Waals surface area contributed by atoms with Crippen LogP contribution in [0.5, 0.6) is 0 Å². The van der Waals surface area contributed by atoms with Gasteiger partial charge in [-0.15, -0.1) is 0 Å². The molecule has 0 aliphatic rings. The van der Waals surface area contributed by atoms with E-state index >= 15 is 0 Å². The molecule has 108 valence electrons. The van der Waals surface area contributed by atoms with Crippen molar-refractivity contribution in [2.24, 2.45) is 0 Å². The van der Waals surface area contributed by atoms with Crippen molar-refractivity contribution in [2.45, 2.75) is 6.92 Å². The molecule has 1 amide bonds. The number of halogens is 2. The van der Waals surface area contributed by atoms with Gasteiger partial charge in [0, 0.05) is 5.69 Å². The maximum atomic E-state index is 13.3. The number of amides is 1. The number of nitrogens with one attached hydrogen (secondary N) is 1. The first-order valence-corrected chi connectivity index (χ1v) is 6.38. The van der Waals surface area contributed by atoms with Gasteiger partial charge in [-0.05, 0) is 36.8 Å². The molecule has 0 heterocycles. The van der Waals surface area contributed by atoms with Crippen LogP contribution in [0.15, 0.2) is 36.4 Å². The van der Waals surface area contributed by atoms with Crippen molar-refractivity contribution in [1.82, 2.24) is 0 Å². The number of benzene rings is 2. The molecule has 0 radical (unpaired) electrons. The lowest BCUT2D eigenvalue weighted by molar-refractivity contribution is 0.0695. The zero-order valence-electron chi connectivity index (χ0n) is 11.0. The van der Waals surface area contributed by atoms with E-state index in [1.165, 1.54) is 24.3 Å². The van der Waals surface area contributed by atoms with E-state index in [4.69, 9.17) is 16.7 Å². The van der Waals surface area contributed by atoms with E-state index in [0.29, 0.717) is 11.3 Å². The monoisotopic (exact) mass is 307 g/mol. The van der Waals surface area contributed by atoms with Crippen molar-refractivity contribution in [3.05, 3.63) is 63.9 Å². The Bertz CT molecular complexity index is 731. The molecule has 6 heteroatoms. The number of anilines is 1. The highest BCUT2D eigenvalue weighted by molar-refractivity contribution is 6.34. The number of carbonyl (C=O) groups is 2. The van der Waals surface area contributed by atoms with E-state index in [-0.39, 0.29) is 16.1 Å². The minimum atomic E-state index is -1.09. The Labute approximate surface area is 125 Å². The lowest BCUT2D eigenvalue weighted by Crippen LogP contribution is -2.15. The summed E-state index contributed by atoms with van der Waals surface area (Å²) < 4.78 is 13.3. The molecule has 0 aliphatic carbocycles. The molecule has 2 rings (SSSR count). The first-order valence-electron chi connectivity index (χ1n) is 6.00. The molecule has 0 aliphatic heterocycles. The van der Waals surface area contributed by atoms with Crippen molar-refractivity contribution in [3.8, 4) is 0 Å². The van der Waals surface area contributed by atoms with Gasteiger partial charge in [-0.25, -0.2) is 9.18 Å². The molecule has 2 aromatic rings. The summed E-state index contributed by atoms with van der Waals surface area (Å²) in [5, 5.41) is 11.3. The maximum Gasteiger partial charge on any atom is 0.336 e. The van der Waals surface area contributed by atoms with Gasteiger partial charge in [0.25, 0.3) is 5.91 Å². The summed E-state index contributed by atoms with van der Waals surface area (Å²) in [6.07, 6.45) is 0. The van der Waals surface area contributed by atoms with Gasteiger partial charge in [0.1, 0.15) is 5.82 Å². The fourth-order valence-electron chi connectivity index (χ4n) is 1.87. The second-order valence-corrected chi connectivity index (χ2v) is 4.72. The topological polar surface area (TPSA) is 66.4 Å². The molecule has 0 unspecified atom stereocenters. The van der Waals surface area contributed by atoms with Gasteiger partial charge < -0.3 is 10.4 Å². The Morgan fingerprint density at radius 1 is 1.14 bits per heavy atom. The maximum absolute atomic E-state index is 13.3. The molecule has 0 fully saturated rings. The van der Waals surface area contributed by atoms with Gasteiger partial charge in [-0.3, -0.25) is 4.79 Å². The predicted octanol–water partition coefficient (Wildman–Crippen LogP) is 3.74. The Morgan fingerprint density at radius 2 is 1.76 bits per heavy atom. The third kappa shape index (κ3) is 3.03. The van der Waals surface area contributed by atoms with Crippen molar-refractivity contribution < 1.29 is 19.1 Å². The fourth-order valence-corrected chi connectivity index (χ4v) is 2.08. The smallest absolute Gasteiger partial charge is 0.336 e. The Morgan fingerprint density at radius 3 is 2.43 bits per heavy atom. The van der Waals surface area contributed by atoms with Crippen LogP contribution in [0.4, 0.5) is 10.1 Å². The Balaban J connectivity index is 2.34. The third-order valence-corrected chi connectivity index (χ3v) is 3.39. The van der Waals surface area contributed by atoms with Gasteiger partial charge >= 0.3 is 5.97 Å². The molecule has 0 spiro atoms. The van der Waals surface area contributed by atoms with Gasteiger partial charge in [0.15, 0.2) is 0 Å². The molecule has 0 atom stereocenters. The SMILES string of the molecule is Cc1c(NC(=O)c2cccc(F)c2Cl)cccc1C(=O)O. The van der Waals surface area contributed by atoms with E-state index in [0.717, 1.165) is 6.07 Å².